The first-order chi connectivity index (χ1) is 25.5. The molecule has 0 heterocycles. The second-order valence-electron chi connectivity index (χ2n) is 17.9. The summed E-state index contributed by atoms with van der Waals surface area (Å²) in [5.74, 6) is 5.79. The third-order valence-corrected chi connectivity index (χ3v) is 14.2. The van der Waals surface area contributed by atoms with Gasteiger partial charge < -0.3 is 9.47 Å². The van der Waals surface area contributed by atoms with E-state index in [4.69, 9.17) is 9.47 Å². The third kappa shape index (κ3) is 9.25. The number of carbonyl (C=O) groups is 1. The van der Waals surface area contributed by atoms with Crippen molar-refractivity contribution in [3.63, 3.8) is 0 Å². The fourth-order valence-electron chi connectivity index (χ4n) is 11.2. The summed E-state index contributed by atoms with van der Waals surface area (Å²) in [6, 6.07) is 13.8. The van der Waals surface area contributed by atoms with Crippen LogP contribution in [0, 0.1) is 56.5 Å². The summed E-state index contributed by atoms with van der Waals surface area (Å²) >= 11 is 0. The van der Waals surface area contributed by atoms with Crippen molar-refractivity contribution in [1.82, 2.24) is 0 Å². The van der Waals surface area contributed by atoms with Crippen molar-refractivity contribution >= 4 is 23.6 Å². The number of unbranched alkanes of at least 4 members (excludes halogenated alkanes) is 2. The van der Waals surface area contributed by atoms with Crippen LogP contribution in [0.3, 0.4) is 0 Å². The van der Waals surface area contributed by atoms with E-state index in [0.717, 1.165) is 85.3 Å². The molecule has 4 aliphatic carbocycles. The van der Waals surface area contributed by atoms with Gasteiger partial charge in [0.2, 0.25) is 0 Å². The van der Waals surface area contributed by atoms with Crippen molar-refractivity contribution in [2.45, 2.75) is 137 Å². The molecule has 0 aliphatic heterocycles. The molecule has 7 nitrogen and oxygen atoms in total. The Morgan fingerprint density at radius 1 is 0.925 bits per heavy atom. The highest BCUT2D eigenvalue weighted by Gasteiger charge is 2.59. The number of carbonyl (C=O) groups excluding carboxylic acids is 1. The van der Waals surface area contributed by atoms with E-state index >= 15 is 0 Å². The van der Waals surface area contributed by atoms with Crippen molar-refractivity contribution in [1.29, 1.82) is 0 Å². The summed E-state index contributed by atoms with van der Waals surface area (Å²) in [6.45, 7) is 13.1. The van der Waals surface area contributed by atoms with E-state index in [0.29, 0.717) is 24.1 Å². The second-order valence-corrected chi connectivity index (χ2v) is 17.9. The monoisotopic (exact) mass is 724 g/mol. The molecule has 0 amide bonds. The number of aliphatic imine (C=N–C) groups is 1. The van der Waals surface area contributed by atoms with Gasteiger partial charge >= 0.3 is 5.97 Å². The quantitative estimate of drug-likeness (QED) is 0.0429. The molecular weight excluding hydrogens is 661 g/mol. The third-order valence-electron chi connectivity index (χ3n) is 14.2. The standard InChI is InChI=1S/C46H64N2O5/c1-32(2)10-9-11-33(3)41-23-24-42-40-22-15-35-30-39(25-27-45(35,4)43(40)26-28-46(41,42)5)53-44(49)12-7-6-8-29-52-38-20-13-34(14-21-38)31-47-36-16-18-37(19-17-36)48(50)51/h13-21,31-33,39-43H,6-12,22-30H2,1-5H3/t33-,39+,40+,41-,42+,43+,45+,46-/m1/s1. The molecule has 3 fully saturated rings. The zero-order valence-electron chi connectivity index (χ0n) is 33.1. The Morgan fingerprint density at radius 2 is 1.70 bits per heavy atom. The van der Waals surface area contributed by atoms with Crippen LogP contribution in [0.5, 0.6) is 5.75 Å². The van der Waals surface area contributed by atoms with Gasteiger partial charge in [0, 0.05) is 31.2 Å². The number of ether oxygens (including phenoxy) is 2. The summed E-state index contributed by atoms with van der Waals surface area (Å²) < 4.78 is 12.0. The number of nitro benzene ring substituents is 1. The number of hydrogen-bond acceptors (Lipinski definition) is 6. The molecule has 0 spiro atoms. The fourth-order valence-corrected chi connectivity index (χ4v) is 11.2. The van der Waals surface area contributed by atoms with Gasteiger partial charge in [-0.05, 0) is 153 Å². The second kappa shape index (κ2) is 17.3. The van der Waals surface area contributed by atoms with Gasteiger partial charge in [-0.2, -0.15) is 0 Å². The van der Waals surface area contributed by atoms with Crippen LogP contribution in [0.1, 0.15) is 136 Å². The first-order valence-electron chi connectivity index (χ1n) is 20.9. The summed E-state index contributed by atoms with van der Waals surface area (Å²) in [6.07, 6.45) is 21.6. The van der Waals surface area contributed by atoms with Crippen molar-refractivity contribution < 1.29 is 19.2 Å². The molecule has 0 N–H and O–H groups in total. The largest absolute Gasteiger partial charge is 0.494 e. The Hall–Kier alpha value is -3.48. The Balaban J connectivity index is 0.890. The zero-order valence-corrected chi connectivity index (χ0v) is 33.1. The Kier molecular flexibility index (Phi) is 12.8. The van der Waals surface area contributed by atoms with Gasteiger partial charge in [-0.1, -0.05) is 65.5 Å². The van der Waals surface area contributed by atoms with Crippen LogP contribution in [0.25, 0.3) is 0 Å². The maximum atomic E-state index is 12.9. The van der Waals surface area contributed by atoms with Crippen LogP contribution >= 0.6 is 0 Å². The van der Waals surface area contributed by atoms with E-state index in [2.05, 4.69) is 45.7 Å². The molecule has 8 atom stereocenters. The molecule has 53 heavy (non-hydrogen) atoms. The van der Waals surface area contributed by atoms with Crippen LogP contribution in [0.4, 0.5) is 11.4 Å². The van der Waals surface area contributed by atoms with Gasteiger partial charge in [0.15, 0.2) is 0 Å². The maximum Gasteiger partial charge on any atom is 0.306 e. The van der Waals surface area contributed by atoms with Crippen molar-refractivity contribution in [2.24, 2.45) is 51.3 Å². The number of nitrogens with zero attached hydrogens (tertiary/aromatic N) is 2. The number of benzene rings is 2. The van der Waals surface area contributed by atoms with Gasteiger partial charge in [-0.15, -0.1) is 0 Å². The van der Waals surface area contributed by atoms with E-state index in [9.17, 15) is 14.9 Å². The predicted octanol–water partition coefficient (Wildman–Crippen LogP) is 12.2. The predicted molar refractivity (Wildman–Crippen MR) is 214 cm³/mol. The van der Waals surface area contributed by atoms with Gasteiger partial charge in [-0.3, -0.25) is 19.9 Å². The fraction of sp³-hybridized carbons (Fsp3) is 0.652. The molecule has 0 unspecified atom stereocenters. The SMILES string of the molecule is CC(C)CCC[C@@H](C)[C@H]1CC[C@H]2[C@@H]3CC=C4C[C@@H](OC(=O)CCCCCOc5ccc(C=Nc6ccc([N+](=O)[O-])cc6)cc5)CC[C@]4(C)[C@H]3CC[C@]12C. The number of non-ortho nitro benzene ring substituents is 1. The molecule has 2 aromatic rings. The van der Waals surface area contributed by atoms with Crippen molar-refractivity contribution in [3.8, 4) is 5.75 Å². The van der Waals surface area contributed by atoms with E-state index < -0.39 is 4.92 Å². The van der Waals surface area contributed by atoms with Crippen LogP contribution in [-0.4, -0.2) is 29.8 Å². The lowest BCUT2D eigenvalue weighted by Gasteiger charge is -2.58. The maximum absolute atomic E-state index is 12.9. The highest BCUT2D eigenvalue weighted by molar-refractivity contribution is 5.82. The Labute approximate surface area is 318 Å². The summed E-state index contributed by atoms with van der Waals surface area (Å²) in [5.41, 5.74) is 4.00. The summed E-state index contributed by atoms with van der Waals surface area (Å²) in [7, 11) is 0. The zero-order chi connectivity index (χ0) is 37.6. The molecule has 7 heteroatoms. The van der Waals surface area contributed by atoms with Crippen LogP contribution in [-0.2, 0) is 9.53 Å². The Bertz CT molecular complexity index is 1600. The number of rotatable bonds is 16. The van der Waals surface area contributed by atoms with Crippen LogP contribution in [0.2, 0.25) is 0 Å². The number of fused-ring (bicyclic) bond motifs is 5. The molecule has 6 rings (SSSR count). The van der Waals surface area contributed by atoms with Gasteiger partial charge in [0.05, 0.1) is 17.2 Å². The molecule has 2 aromatic carbocycles. The van der Waals surface area contributed by atoms with E-state index in [-0.39, 0.29) is 23.2 Å². The molecular formula is C46H64N2O5. The number of esters is 1. The highest BCUT2D eigenvalue weighted by atomic mass is 16.6. The van der Waals surface area contributed by atoms with Gasteiger partial charge in [0.1, 0.15) is 11.9 Å². The average molecular weight is 725 g/mol. The first kappa shape index (κ1) is 39.2. The molecule has 0 saturated heterocycles. The minimum absolute atomic E-state index is 0.0280. The van der Waals surface area contributed by atoms with Gasteiger partial charge in [-0.25, -0.2) is 0 Å². The van der Waals surface area contributed by atoms with E-state index in [1.54, 1.807) is 23.9 Å². The molecule has 3 saturated carbocycles. The molecule has 288 valence electrons. The molecule has 0 aromatic heterocycles. The summed E-state index contributed by atoms with van der Waals surface area (Å²) in [4.78, 5) is 27.7. The highest BCUT2D eigenvalue weighted by Crippen LogP contribution is 2.67. The normalized spacial score (nSPS) is 29.9. The van der Waals surface area contributed by atoms with Crippen LogP contribution in [0.15, 0.2) is 65.2 Å². The lowest BCUT2D eigenvalue weighted by molar-refractivity contribution is -0.384. The number of hydrogen-bond donors (Lipinski definition) is 0. The number of nitro groups is 1. The van der Waals surface area contributed by atoms with Gasteiger partial charge in [0.25, 0.3) is 5.69 Å². The lowest BCUT2D eigenvalue weighted by Crippen LogP contribution is -2.51. The van der Waals surface area contributed by atoms with E-state index in [1.165, 1.54) is 63.5 Å². The smallest absolute Gasteiger partial charge is 0.306 e. The Morgan fingerprint density at radius 3 is 2.43 bits per heavy atom. The molecule has 0 radical (unpaired) electrons. The van der Waals surface area contributed by atoms with Crippen molar-refractivity contribution in [2.75, 3.05) is 6.61 Å². The topological polar surface area (TPSA) is 91.0 Å². The average Bonchev–Trinajstić information content (AvgIpc) is 3.50. The first-order valence-corrected chi connectivity index (χ1v) is 20.9. The minimum atomic E-state index is -0.420. The number of allylic oxidation sites excluding steroid dienone is 1. The van der Waals surface area contributed by atoms with Crippen LogP contribution < -0.4 is 4.74 Å². The molecule has 0 bridgehead atoms. The summed E-state index contributed by atoms with van der Waals surface area (Å²) in [5, 5.41) is 10.8. The van der Waals surface area contributed by atoms with Crippen molar-refractivity contribution in [3.05, 3.63) is 75.9 Å². The molecule has 4 aliphatic rings. The van der Waals surface area contributed by atoms with E-state index in [1.807, 2.05) is 24.3 Å². The lowest BCUT2D eigenvalue weighted by atomic mass is 9.47. The minimum Gasteiger partial charge on any atom is -0.494 e.